The van der Waals surface area contributed by atoms with Gasteiger partial charge in [0.05, 0.1) is 0 Å². The molecule has 0 unspecified atom stereocenters. The second-order valence-electron chi connectivity index (χ2n) is 5.60. The highest BCUT2D eigenvalue weighted by Crippen LogP contribution is 2.49. The Kier molecular flexibility index (Phi) is 2.42. The predicted octanol–water partition coefficient (Wildman–Crippen LogP) is 2.56. The Bertz CT molecular complexity index is 237. The van der Waals surface area contributed by atoms with Crippen molar-refractivity contribution in [2.24, 2.45) is 10.8 Å². The van der Waals surface area contributed by atoms with Gasteiger partial charge < -0.3 is 4.74 Å². The average Bonchev–Trinajstić information content (AvgIpc) is 2.13. The minimum atomic E-state index is -0.0877. The Morgan fingerprint density at radius 3 is 2.36 bits per heavy atom. The first-order chi connectivity index (χ1) is 6.54. The lowest BCUT2D eigenvalue weighted by Crippen LogP contribution is -2.42. The van der Waals surface area contributed by atoms with E-state index in [1.165, 1.54) is 0 Å². The van der Waals surface area contributed by atoms with Crippen molar-refractivity contribution in [3.05, 3.63) is 0 Å². The highest BCUT2D eigenvalue weighted by molar-refractivity contribution is 5.84. The molecule has 1 saturated carbocycles. The molecular formula is C12H20O2. The van der Waals surface area contributed by atoms with Crippen LogP contribution in [0.5, 0.6) is 0 Å². The molecule has 0 aromatic heterocycles. The molecule has 80 valence electrons. The largest absolute Gasteiger partial charge is 0.381 e. The summed E-state index contributed by atoms with van der Waals surface area (Å²) in [7, 11) is 0. The van der Waals surface area contributed by atoms with Crippen LogP contribution in [-0.4, -0.2) is 19.0 Å². The Morgan fingerprint density at radius 2 is 1.79 bits per heavy atom. The van der Waals surface area contributed by atoms with Crippen LogP contribution in [0.2, 0.25) is 0 Å². The van der Waals surface area contributed by atoms with E-state index in [0.29, 0.717) is 11.2 Å². The summed E-state index contributed by atoms with van der Waals surface area (Å²) in [5, 5.41) is 0. The first-order valence-corrected chi connectivity index (χ1v) is 5.65. The van der Waals surface area contributed by atoms with Crippen molar-refractivity contribution in [2.45, 2.75) is 46.0 Å². The summed E-state index contributed by atoms with van der Waals surface area (Å²) in [6, 6.07) is 0. The summed E-state index contributed by atoms with van der Waals surface area (Å²) >= 11 is 0. The third-order valence-corrected chi connectivity index (χ3v) is 4.01. The highest BCUT2D eigenvalue weighted by atomic mass is 16.5. The third kappa shape index (κ3) is 1.72. The fourth-order valence-electron chi connectivity index (χ4n) is 3.07. The maximum absolute atomic E-state index is 11.7. The van der Waals surface area contributed by atoms with Crippen molar-refractivity contribution in [2.75, 3.05) is 13.2 Å². The minimum absolute atomic E-state index is 0.0877. The monoisotopic (exact) mass is 196 g/mol. The van der Waals surface area contributed by atoms with Crippen LogP contribution in [0.25, 0.3) is 0 Å². The lowest BCUT2D eigenvalue weighted by Gasteiger charge is -2.46. The van der Waals surface area contributed by atoms with Gasteiger partial charge in [0, 0.05) is 25.0 Å². The molecule has 1 aliphatic carbocycles. The van der Waals surface area contributed by atoms with E-state index in [4.69, 9.17) is 4.74 Å². The number of hydrogen-bond donors (Lipinski definition) is 0. The van der Waals surface area contributed by atoms with Crippen LogP contribution in [0.4, 0.5) is 0 Å². The Morgan fingerprint density at radius 1 is 1.14 bits per heavy atom. The number of carbonyl (C=O) groups is 1. The smallest absolute Gasteiger partial charge is 0.138 e. The van der Waals surface area contributed by atoms with Crippen molar-refractivity contribution in [1.29, 1.82) is 0 Å². The highest BCUT2D eigenvalue weighted by Gasteiger charge is 2.44. The van der Waals surface area contributed by atoms with Crippen LogP contribution in [0.1, 0.15) is 46.0 Å². The van der Waals surface area contributed by atoms with Gasteiger partial charge in [-0.15, -0.1) is 0 Å². The summed E-state index contributed by atoms with van der Waals surface area (Å²) in [6.45, 7) is 5.99. The molecule has 2 rings (SSSR count). The molecular weight excluding hydrogens is 176 g/mol. The Labute approximate surface area is 86.0 Å². The van der Waals surface area contributed by atoms with Crippen molar-refractivity contribution in [1.82, 2.24) is 0 Å². The molecule has 0 aromatic rings. The number of rotatable bonds is 0. The lowest BCUT2D eigenvalue weighted by atomic mass is 9.60. The van der Waals surface area contributed by atoms with Gasteiger partial charge in [-0.1, -0.05) is 13.8 Å². The number of Topliss-reactive ketones (excluding diaryl/α,β-unsaturated/α-hetero) is 1. The zero-order valence-electron chi connectivity index (χ0n) is 9.27. The van der Waals surface area contributed by atoms with Crippen LogP contribution in [0.3, 0.4) is 0 Å². The normalized spacial score (nSPS) is 30.6. The maximum Gasteiger partial charge on any atom is 0.138 e. The zero-order valence-corrected chi connectivity index (χ0v) is 9.27. The molecule has 0 N–H and O–H groups in total. The molecule has 2 heteroatoms. The van der Waals surface area contributed by atoms with E-state index in [1.54, 1.807) is 0 Å². The number of hydrogen-bond acceptors (Lipinski definition) is 2. The number of ketones is 1. The zero-order chi connectivity index (χ0) is 10.2. The van der Waals surface area contributed by atoms with Crippen molar-refractivity contribution >= 4 is 5.78 Å². The molecule has 0 aromatic carbocycles. The molecule has 0 amide bonds. The molecule has 1 aliphatic heterocycles. The molecule has 0 radical (unpaired) electrons. The van der Waals surface area contributed by atoms with Gasteiger partial charge >= 0.3 is 0 Å². The van der Waals surface area contributed by atoms with Crippen LogP contribution in [0.15, 0.2) is 0 Å². The fraction of sp³-hybridized carbons (Fsp3) is 0.917. The average molecular weight is 196 g/mol. The first kappa shape index (κ1) is 10.2. The second kappa shape index (κ2) is 3.34. The second-order valence-corrected chi connectivity index (χ2v) is 5.60. The molecule has 1 spiro atoms. The van der Waals surface area contributed by atoms with E-state index in [9.17, 15) is 4.79 Å². The van der Waals surface area contributed by atoms with Crippen molar-refractivity contribution in [3.8, 4) is 0 Å². The molecule has 14 heavy (non-hydrogen) atoms. The van der Waals surface area contributed by atoms with E-state index in [0.717, 1.165) is 45.3 Å². The lowest BCUT2D eigenvalue weighted by molar-refractivity contribution is -0.136. The quantitative estimate of drug-likeness (QED) is 0.595. The van der Waals surface area contributed by atoms with E-state index in [1.807, 2.05) is 0 Å². The molecule has 2 nitrogen and oxygen atoms in total. The Hall–Kier alpha value is -0.370. The van der Waals surface area contributed by atoms with Gasteiger partial charge in [0.15, 0.2) is 0 Å². The summed E-state index contributed by atoms with van der Waals surface area (Å²) in [4.78, 5) is 11.7. The van der Waals surface area contributed by atoms with Gasteiger partial charge in [-0.2, -0.15) is 0 Å². The summed E-state index contributed by atoms with van der Waals surface area (Å²) in [5.74, 6) is 0.453. The fourth-order valence-corrected chi connectivity index (χ4v) is 3.07. The standard InChI is InChI=1S/C12H20O2/c1-11(2)9-12(4-3-10(11)13)5-7-14-8-6-12/h3-9H2,1-2H3. The van der Waals surface area contributed by atoms with Crippen LogP contribution in [0, 0.1) is 10.8 Å². The number of ether oxygens (including phenoxy) is 1. The van der Waals surface area contributed by atoms with Gasteiger partial charge in [0.25, 0.3) is 0 Å². The molecule has 2 aliphatic rings. The van der Waals surface area contributed by atoms with E-state index in [-0.39, 0.29) is 5.41 Å². The van der Waals surface area contributed by atoms with Crippen molar-refractivity contribution < 1.29 is 9.53 Å². The molecule has 0 bridgehead atoms. The van der Waals surface area contributed by atoms with Gasteiger partial charge in [0.2, 0.25) is 0 Å². The van der Waals surface area contributed by atoms with Gasteiger partial charge in [-0.05, 0) is 31.1 Å². The first-order valence-electron chi connectivity index (χ1n) is 5.65. The van der Waals surface area contributed by atoms with E-state index < -0.39 is 0 Å². The summed E-state index contributed by atoms with van der Waals surface area (Å²) in [5.41, 5.74) is 0.339. The summed E-state index contributed by atoms with van der Waals surface area (Å²) in [6.07, 6.45) is 5.27. The number of carbonyl (C=O) groups excluding carboxylic acids is 1. The topological polar surface area (TPSA) is 26.3 Å². The molecule has 1 heterocycles. The van der Waals surface area contributed by atoms with Crippen LogP contribution >= 0.6 is 0 Å². The van der Waals surface area contributed by atoms with Gasteiger partial charge in [-0.25, -0.2) is 0 Å². The summed E-state index contributed by atoms with van der Waals surface area (Å²) < 4.78 is 5.41. The van der Waals surface area contributed by atoms with Gasteiger partial charge in [-0.3, -0.25) is 4.79 Å². The maximum atomic E-state index is 11.7. The minimum Gasteiger partial charge on any atom is -0.381 e. The SMILES string of the molecule is CC1(C)CC2(CCOCC2)CCC1=O. The Balaban J connectivity index is 2.11. The van der Waals surface area contributed by atoms with E-state index >= 15 is 0 Å². The van der Waals surface area contributed by atoms with Crippen LogP contribution < -0.4 is 0 Å². The van der Waals surface area contributed by atoms with E-state index in [2.05, 4.69) is 13.8 Å². The third-order valence-electron chi connectivity index (χ3n) is 4.01. The van der Waals surface area contributed by atoms with Crippen LogP contribution in [-0.2, 0) is 9.53 Å². The van der Waals surface area contributed by atoms with Crippen molar-refractivity contribution in [3.63, 3.8) is 0 Å². The molecule has 2 fully saturated rings. The predicted molar refractivity (Wildman–Crippen MR) is 55.1 cm³/mol. The van der Waals surface area contributed by atoms with Gasteiger partial charge in [0.1, 0.15) is 5.78 Å². The molecule has 1 saturated heterocycles. The molecule has 0 atom stereocenters.